The van der Waals surface area contributed by atoms with E-state index in [0.29, 0.717) is 6.42 Å². The quantitative estimate of drug-likeness (QED) is 0.0319. The van der Waals surface area contributed by atoms with Crippen LogP contribution in [-0.2, 0) is 33.6 Å². The molecule has 0 aliphatic carbocycles. The number of nitrogens with two attached hydrogens (primary N) is 6. The summed E-state index contributed by atoms with van der Waals surface area (Å²) in [7, 11) is 0. The second-order valence-corrected chi connectivity index (χ2v) is 9.52. The highest BCUT2D eigenvalue weighted by molar-refractivity contribution is 5.97. The number of nitrogens with one attached hydrogen (secondary N) is 4. The van der Waals surface area contributed by atoms with E-state index in [4.69, 9.17) is 39.5 Å². The van der Waals surface area contributed by atoms with Crippen LogP contribution in [0.1, 0.15) is 45.4 Å². The summed E-state index contributed by atoms with van der Waals surface area (Å²) < 4.78 is 0. The first-order valence-electron chi connectivity index (χ1n) is 13.2. The predicted molar refractivity (Wildman–Crippen MR) is 155 cm³/mol. The van der Waals surface area contributed by atoms with E-state index in [-0.39, 0.29) is 44.3 Å². The summed E-state index contributed by atoms with van der Waals surface area (Å²) in [5, 5.41) is 27.1. The van der Waals surface area contributed by atoms with E-state index in [2.05, 4.69) is 31.3 Å². The summed E-state index contributed by atoms with van der Waals surface area (Å²) in [6.07, 6.45) is -1.26. The number of aliphatic carboxylic acids is 2. The molecule has 0 aromatic carbocycles. The third-order valence-corrected chi connectivity index (χ3v) is 5.66. The third-order valence-electron chi connectivity index (χ3n) is 5.66. The van der Waals surface area contributed by atoms with Crippen LogP contribution in [0.25, 0.3) is 0 Å². The summed E-state index contributed by atoms with van der Waals surface area (Å²) in [6.45, 7) is 1.31. The van der Waals surface area contributed by atoms with Crippen molar-refractivity contribution in [3.8, 4) is 0 Å². The van der Waals surface area contributed by atoms with Crippen molar-refractivity contribution in [2.75, 3.05) is 13.1 Å². The number of hydrogen-bond donors (Lipinski definition) is 12. The van der Waals surface area contributed by atoms with Crippen LogP contribution in [0.15, 0.2) is 9.98 Å². The number of carboxylic acid groups (broad SMARTS) is 2. The minimum atomic E-state index is -1.74. The van der Waals surface area contributed by atoms with Crippen LogP contribution >= 0.6 is 0 Å². The van der Waals surface area contributed by atoms with Gasteiger partial charge in [0.1, 0.15) is 24.2 Å². The Balaban J connectivity index is 5.88. The number of hydrogen-bond acceptors (Lipinski definition) is 10. The number of nitrogens with zero attached hydrogens (tertiary/aromatic N) is 2. The molecule has 0 heterocycles. The van der Waals surface area contributed by atoms with Gasteiger partial charge in [-0.25, -0.2) is 0 Å². The van der Waals surface area contributed by atoms with Gasteiger partial charge in [0, 0.05) is 13.1 Å². The lowest BCUT2D eigenvalue weighted by Crippen LogP contribution is -2.59. The highest BCUT2D eigenvalue weighted by atomic mass is 16.4. The van der Waals surface area contributed by atoms with Gasteiger partial charge in [-0.1, -0.05) is 0 Å². The molecule has 248 valence electrons. The maximum absolute atomic E-state index is 13.2. The van der Waals surface area contributed by atoms with Crippen LogP contribution in [0.3, 0.4) is 0 Å². The Bertz CT molecular complexity index is 1110. The minimum Gasteiger partial charge on any atom is -0.481 e. The van der Waals surface area contributed by atoms with Crippen molar-refractivity contribution in [1.82, 2.24) is 21.3 Å². The average molecular weight is 631 g/mol. The highest BCUT2D eigenvalue weighted by Gasteiger charge is 2.32. The van der Waals surface area contributed by atoms with Gasteiger partial charge in [-0.2, -0.15) is 0 Å². The number of aliphatic imine (C=N–C) groups is 2. The SMILES string of the molecule is C[C@H](NC(=O)[C@H](CC(=O)O)NC(=O)[C@H](CCCN=C(N)N)NC(=O)[C@H](CC(N)=O)NC(=O)[C@@H](N)CCCN=C(N)N)C(=O)O. The molecule has 5 atom stereocenters. The fraction of sp³-hybridized carbons (Fsp3) is 0.609. The summed E-state index contributed by atoms with van der Waals surface area (Å²) >= 11 is 0. The molecule has 44 heavy (non-hydrogen) atoms. The molecule has 0 radical (unpaired) electrons. The van der Waals surface area contributed by atoms with Gasteiger partial charge in [-0.05, 0) is 32.6 Å². The second kappa shape index (κ2) is 19.8. The molecule has 0 aliphatic rings. The van der Waals surface area contributed by atoms with Crippen LogP contribution in [0.4, 0.5) is 0 Å². The molecule has 0 spiro atoms. The average Bonchev–Trinajstić information content (AvgIpc) is 2.90. The number of carbonyl (C=O) groups excluding carboxylic acids is 5. The second-order valence-electron chi connectivity index (χ2n) is 9.52. The van der Waals surface area contributed by atoms with Crippen LogP contribution in [0, 0.1) is 0 Å². The van der Waals surface area contributed by atoms with Crippen LogP contribution in [0.5, 0.6) is 0 Å². The van der Waals surface area contributed by atoms with E-state index in [1.807, 2.05) is 0 Å². The predicted octanol–water partition coefficient (Wildman–Crippen LogP) is -6.19. The van der Waals surface area contributed by atoms with Crippen LogP contribution < -0.4 is 55.7 Å². The Morgan fingerprint density at radius 1 is 0.636 bits per heavy atom. The van der Waals surface area contributed by atoms with Crippen molar-refractivity contribution in [1.29, 1.82) is 0 Å². The fourth-order valence-electron chi connectivity index (χ4n) is 3.42. The Labute approximate surface area is 252 Å². The van der Waals surface area contributed by atoms with Crippen molar-refractivity contribution >= 4 is 53.4 Å². The van der Waals surface area contributed by atoms with Gasteiger partial charge in [-0.3, -0.25) is 43.5 Å². The van der Waals surface area contributed by atoms with Crippen molar-refractivity contribution in [2.24, 2.45) is 44.4 Å². The van der Waals surface area contributed by atoms with Crippen molar-refractivity contribution in [3.05, 3.63) is 0 Å². The highest BCUT2D eigenvalue weighted by Crippen LogP contribution is 2.05. The standard InChI is InChI=1S/C23H42N12O9/c1-10(21(43)44)32-19(41)14(9-16(37)38)35-18(40)12(5-3-7-31-23(28)29)33-20(42)13(8-15(25)36)34-17(39)11(24)4-2-6-30-22(26)27/h10-14H,2-9,24H2,1H3,(H2,25,36)(H,32,41)(H,33,42)(H,34,39)(H,35,40)(H,37,38)(H,43,44)(H4,26,27,30)(H4,28,29,31)/t10-,11-,12-,13-,14-/m0/s1. The smallest absolute Gasteiger partial charge is 0.325 e. The van der Waals surface area contributed by atoms with E-state index in [1.54, 1.807) is 0 Å². The molecule has 21 nitrogen and oxygen atoms in total. The zero-order chi connectivity index (χ0) is 34.0. The molecule has 0 aromatic rings. The number of carboxylic acids is 2. The molecule has 0 aliphatic heterocycles. The normalized spacial score (nSPS) is 13.9. The largest absolute Gasteiger partial charge is 0.481 e. The van der Waals surface area contributed by atoms with Gasteiger partial charge in [0.25, 0.3) is 0 Å². The molecule has 0 fully saturated rings. The Hall–Kier alpha value is -5.21. The van der Waals surface area contributed by atoms with E-state index in [0.717, 1.165) is 6.92 Å². The van der Waals surface area contributed by atoms with E-state index in [9.17, 15) is 38.7 Å². The lowest BCUT2D eigenvalue weighted by molar-refractivity contribution is -0.143. The zero-order valence-corrected chi connectivity index (χ0v) is 24.2. The van der Waals surface area contributed by atoms with Gasteiger partial charge in [0.2, 0.25) is 29.5 Å². The van der Waals surface area contributed by atoms with E-state index in [1.165, 1.54) is 0 Å². The van der Waals surface area contributed by atoms with Crippen molar-refractivity contribution in [2.45, 2.75) is 75.7 Å². The maximum Gasteiger partial charge on any atom is 0.325 e. The molecular weight excluding hydrogens is 588 g/mol. The zero-order valence-electron chi connectivity index (χ0n) is 24.2. The molecule has 5 amide bonds. The first kappa shape index (κ1) is 38.8. The van der Waals surface area contributed by atoms with Crippen molar-refractivity contribution < 1.29 is 43.8 Å². The molecule has 0 unspecified atom stereocenters. The monoisotopic (exact) mass is 630 g/mol. The summed E-state index contributed by atoms with van der Waals surface area (Å²) in [4.78, 5) is 93.1. The molecular formula is C23H42N12O9. The topological polar surface area (TPSA) is 389 Å². The Morgan fingerprint density at radius 2 is 1.07 bits per heavy atom. The third kappa shape index (κ3) is 16.9. The molecule has 0 saturated carbocycles. The Morgan fingerprint density at radius 3 is 1.55 bits per heavy atom. The number of carbonyl (C=O) groups is 7. The summed E-state index contributed by atoms with van der Waals surface area (Å²) in [5.74, 6) is -8.32. The summed E-state index contributed by atoms with van der Waals surface area (Å²) in [6, 6.07) is -7.34. The lowest BCUT2D eigenvalue weighted by Gasteiger charge is -2.25. The first-order chi connectivity index (χ1) is 20.4. The minimum absolute atomic E-state index is 0.00725. The Kier molecular flexibility index (Phi) is 17.5. The van der Waals surface area contributed by atoms with Gasteiger partial charge < -0.3 is 65.9 Å². The molecule has 0 bridgehead atoms. The van der Waals surface area contributed by atoms with Gasteiger partial charge in [-0.15, -0.1) is 0 Å². The number of rotatable bonds is 21. The van der Waals surface area contributed by atoms with Gasteiger partial charge >= 0.3 is 11.9 Å². The molecule has 18 N–H and O–H groups in total. The van der Waals surface area contributed by atoms with Crippen LogP contribution in [-0.4, -0.2) is 107 Å². The lowest BCUT2D eigenvalue weighted by atomic mass is 10.1. The molecule has 0 saturated heterocycles. The summed E-state index contributed by atoms with van der Waals surface area (Å²) in [5.41, 5.74) is 32.1. The molecule has 0 aromatic heterocycles. The number of guanidine groups is 2. The maximum atomic E-state index is 13.2. The van der Waals surface area contributed by atoms with Gasteiger partial charge in [0.05, 0.1) is 18.9 Å². The van der Waals surface area contributed by atoms with Crippen molar-refractivity contribution in [3.63, 3.8) is 0 Å². The van der Waals surface area contributed by atoms with Gasteiger partial charge in [0.15, 0.2) is 11.9 Å². The molecule has 21 heteroatoms. The molecule has 0 rings (SSSR count). The van der Waals surface area contributed by atoms with E-state index >= 15 is 0 Å². The first-order valence-corrected chi connectivity index (χ1v) is 13.2. The number of amides is 5. The fourth-order valence-corrected chi connectivity index (χ4v) is 3.42. The number of primary amides is 1. The van der Waals surface area contributed by atoms with Crippen LogP contribution in [0.2, 0.25) is 0 Å². The van der Waals surface area contributed by atoms with E-state index < -0.39 is 84.5 Å².